The largest absolute Gasteiger partial charge is 0.249 e. The number of rotatable bonds is 11. The molecule has 0 aliphatic rings. The summed E-state index contributed by atoms with van der Waals surface area (Å²) in [6.07, 6.45) is 9.22. The van der Waals surface area contributed by atoms with E-state index in [2.05, 4.69) is 16.7 Å². The highest BCUT2D eigenvalue weighted by Gasteiger charge is 2.30. The molecule has 0 saturated carbocycles. The van der Waals surface area contributed by atoms with E-state index in [0.29, 0.717) is 12.8 Å². The Hall–Kier alpha value is -0.160. The van der Waals surface area contributed by atoms with Gasteiger partial charge in [-0.3, -0.25) is 0 Å². The molecule has 0 aromatic heterocycles. The van der Waals surface area contributed by atoms with Gasteiger partial charge in [-0.05, 0) is 6.42 Å². The normalized spacial score (nSPS) is 12.0. The lowest BCUT2D eigenvalue weighted by Crippen LogP contribution is -2.33. The van der Waals surface area contributed by atoms with E-state index in [0.717, 1.165) is 12.8 Å². The van der Waals surface area contributed by atoms with Gasteiger partial charge in [-0.15, -0.1) is 0 Å². The molecule has 0 radical (unpaired) electrons. The predicted molar refractivity (Wildman–Crippen MR) is 63.1 cm³/mol. The Labute approximate surface area is 98.4 Å². The molecule has 0 bridgehead atoms. The molecule has 0 amide bonds. The van der Waals surface area contributed by atoms with Crippen LogP contribution in [0.3, 0.4) is 0 Å². The summed E-state index contributed by atoms with van der Waals surface area (Å²) in [4.78, 5) is 8.42. The van der Waals surface area contributed by atoms with Crippen LogP contribution in [0.4, 0.5) is 0 Å². The average Bonchev–Trinajstić information content (AvgIpc) is 2.34. The first-order valence-electron chi connectivity index (χ1n) is 6.39. The first-order chi connectivity index (χ1) is 7.74. The van der Waals surface area contributed by atoms with Gasteiger partial charge < -0.3 is 0 Å². The molecular formula is C12H26O4. The van der Waals surface area contributed by atoms with E-state index in [-0.39, 0.29) is 0 Å². The van der Waals surface area contributed by atoms with Crippen LogP contribution in [0.15, 0.2) is 0 Å². The third-order valence-corrected chi connectivity index (χ3v) is 3.03. The van der Waals surface area contributed by atoms with E-state index in [9.17, 15) is 0 Å². The zero-order valence-electron chi connectivity index (χ0n) is 10.6. The molecule has 0 heterocycles. The summed E-state index contributed by atoms with van der Waals surface area (Å²) in [6.45, 7) is 4.00. The maximum absolute atomic E-state index is 8.66. The molecule has 0 spiro atoms. The smallest absolute Gasteiger partial charge is 0.233 e. The van der Waals surface area contributed by atoms with Crippen molar-refractivity contribution in [2.75, 3.05) is 0 Å². The zero-order chi connectivity index (χ0) is 12.3. The SMILES string of the molecule is CCCCCCCCCC(CC)(OO)OO. The van der Waals surface area contributed by atoms with E-state index in [1.807, 2.05) is 0 Å². The lowest BCUT2D eigenvalue weighted by atomic mass is 10.0. The standard InChI is InChI=1S/C12H26O4/c1-3-5-6-7-8-9-10-11-12(4-2,15-13)16-14/h13-14H,3-11H2,1-2H3. The van der Waals surface area contributed by atoms with Crippen LogP contribution in [-0.4, -0.2) is 16.3 Å². The Balaban J connectivity index is 3.48. The van der Waals surface area contributed by atoms with Crippen molar-refractivity contribution in [3.8, 4) is 0 Å². The van der Waals surface area contributed by atoms with E-state index in [1.54, 1.807) is 6.92 Å². The van der Waals surface area contributed by atoms with Gasteiger partial charge >= 0.3 is 0 Å². The van der Waals surface area contributed by atoms with Crippen molar-refractivity contribution in [1.82, 2.24) is 0 Å². The molecule has 0 aromatic carbocycles. The Kier molecular flexibility index (Phi) is 9.92. The van der Waals surface area contributed by atoms with Crippen LogP contribution in [-0.2, 0) is 9.78 Å². The van der Waals surface area contributed by atoms with Crippen LogP contribution in [0.5, 0.6) is 0 Å². The fourth-order valence-corrected chi connectivity index (χ4v) is 1.77. The topological polar surface area (TPSA) is 58.9 Å². The molecular weight excluding hydrogens is 208 g/mol. The minimum Gasteiger partial charge on any atom is -0.249 e. The molecule has 0 aromatic rings. The van der Waals surface area contributed by atoms with Crippen molar-refractivity contribution in [2.45, 2.75) is 77.4 Å². The minimum absolute atomic E-state index is 0.426. The molecule has 0 aliphatic heterocycles. The highest BCUT2D eigenvalue weighted by Crippen LogP contribution is 2.23. The monoisotopic (exact) mass is 234 g/mol. The second kappa shape index (κ2) is 10.0. The summed E-state index contributed by atoms with van der Waals surface area (Å²) in [5, 5.41) is 17.3. The van der Waals surface area contributed by atoms with Gasteiger partial charge in [0.15, 0.2) is 0 Å². The van der Waals surface area contributed by atoms with Crippen molar-refractivity contribution >= 4 is 0 Å². The third-order valence-electron chi connectivity index (χ3n) is 3.03. The van der Waals surface area contributed by atoms with Gasteiger partial charge in [0.2, 0.25) is 5.79 Å². The van der Waals surface area contributed by atoms with E-state index < -0.39 is 5.79 Å². The third kappa shape index (κ3) is 6.43. The van der Waals surface area contributed by atoms with Gasteiger partial charge in [-0.2, -0.15) is 0 Å². The molecule has 0 saturated heterocycles. The van der Waals surface area contributed by atoms with Crippen molar-refractivity contribution < 1.29 is 20.3 Å². The molecule has 16 heavy (non-hydrogen) atoms. The van der Waals surface area contributed by atoms with Crippen LogP contribution >= 0.6 is 0 Å². The summed E-state index contributed by atoms with van der Waals surface area (Å²) in [5.74, 6) is -1.22. The molecule has 0 rings (SSSR count). The first kappa shape index (κ1) is 15.8. The van der Waals surface area contributed by atoms with Crippen molar-refractivity contribution in [1.29, 1.82) is 0 Å². The highest BCUT2D eigenvalue weighted by atomic mass is 17.2. The van der Waals surface area contributed by atoms with Crippen molar-refractivity contribution in [2.24, 2.45) is 0 Å². The van der Waals surface area contributed by atoms with Gasteiger partial charge in [0.1, 0.15) is 0 Å². The lowest BCUT2D eigenvalue weighted by Gasteiger charge is -2.24. The van der Waals surface area contributed by atoms with Gasteiger partial charge in [-0.1, -0.05) is 52.4 Å². The maximum atomic E-state index is 8.66. The van der Waals surface area contributed by atoms with Gasteiger partial charge in [0.05, 0.1) is 0 Å². The van der Waals surface area contributed by atoms with Crippen LogP contribution in [0, 0.1) is 0 Å². The zero-order valence-corrected chi connectivity index (χ0v) is 10.6. The molecule has 4 heteroatoms. The molecule has 0 fully saturated rings. The second-order valence-electron chi connectivity index (χ2n) is 4.32. The second-order valence-corrected chi connectivity index (χ2v) is 4.32. The van der Waals surface area contributed by atoms with Crippen LogP contribution in [0.1, 0.15) is 71.6 Å². The fourth-order valence-electron chi connectivity index (χ4n) is 1.77. The molecule has 0 aliphatic carbocycles. The fraction of sp³-hybridized carbons (Fsp3) is 1.00. The number of hydrogen-bond donors (Lipinski definition) is 2. The van der Waals surface area contributed by atoms with Gasteiger partial charge in [0.25, 0.3) is 0 Å². The Morgan fingerprint density at radius 2 is 1.31 bits per heavy atom. The highest BCUT2D eigenvalue weighted by molar-refractivity contribution is 4.64. The molecule has 2 N–H and O–H groups in total. The van der Waals surface area contributed by atoms with Crippen molar-refractivity contribution in [3.05, 3.63) is 0 Å². The number of hydrogen-bond acceptors (Lipinski definition) is 4. The van der Waals surface area contributed by atoms with Crippen LogP contribution < -0.4 is 0 Å². The number of unbranched alkanes of at least 4 members (excludes halogenated alkanes) is 6. The van der Waals surface area contributed by atoms with E-state index >= 15 is 0 Å². The average molecular weight is 234 g/mol. The summed E-state index contributed by atoms with van der Waals surface area (Å²) in [7, 11) is 0. The summed E-state index contributed by atoms with van der Waals surface area (Å²) >= 11 is 0. The summed E-state index contributed by atoms with van der Waals surface area (Å²) in [6, 6.07) is 0. The Morgan fingerprint density at radius 1 is 0.812 bits per heavy atom. The Morgan fingerprint density at radius 3 is 1.75 bits per heavy atom. The minimum atomic E-state index is -1.22. The molecule has 0 unspecified atom stereocenters. The molecule has 0 atom stereocenters. The van der Waals surface area contributed by atoms with E-state index in [4.69, 9.17) is 10.5 Å². The Bertz CT molecular complexity index is 138. The predicted octanol–water partition coefficient (Wildman–Crippen LogP) is 4.21. The summed E-state index contributed by atoms with van der Waals surface area (Å²) in [5.41, 5.74) is 0. The molecule has 98 valence electrons. The van der Waals surface area contributed by atoms with Gasteiger partial charge in [0, 0.05) is 12.8 Å². The van der Waals surface area contributed by atoms with Gasteiger partial charge in [-0.25, -0.2) is 20.3 Å². The van der Waals surface area contributed by atoms with Crippen molar-refractivity contribution in [3.63, 3.8) is 0 Å². The first-order valence-corrected chi connectivity index (χ1v) is 6.39. The van der Waals surface area contributed by atoms with E-state index in [1.165, 1.54) is 32.1 Å². The van der Waals surface area contributed by atoms with Crippen LogP contribution in [0.2, 0.25) is 0 Å². The quantitative estimate of drug-likeness (QED) is 0.243. The molecule has 4 nitrogen and oxygen atoms in total. The lowest BCUT2D eigenvalue weighted by molar-refractivity contribution is -0.488. The maximum Gasteiger partial charge on any atom is 0.233 e. The van der Waals surface area contributed by atoms with Crippen LogP contribution in [0.25, 0.3) is 0 Å². The summed E-state index contributed by atoms with van der Waals surface area (Å²) < 4.78 is 0.